The van der Waals surface area contributed by atoms with E-state index in [1.165, 1.54) is 14.7 Å². The van der Waals surface area contributed by atoms with Gasteiger partial charge in [0.05, 0.1) is 6.04 Å². The largest absolute Gasteiger partial charge is 0.354 e. The maximum atomic E-state index is 14.1. The van der Waals surface area contributed by atoms with E-state index in [-0.39, 0.29) is 47.3 Å². The predicted molar refractivity (Wildman–Crippen MR) is 174 cm³/mol. The van der Waals surface area contributed by atoms with Gasteiger partial charge in [-0.15, -0.1) is 0 Å². The highest BCUT2D eigenvalue weighted by Gasteiger charge is 2.40. The van der Waals surface area contributed by atoms with Crippen molar-refractivity contribution in [3.8, 4) is 0 Å². The summed E-state index contributed by atoms with van der Waals surface area (Å²) in [5.74, 6) is -0.752. The first-order valence-corrected chi connectivity index (χ1v) is 15.8. The molecule has 0 aromatic heterocycles. The molecule has 1 aromatic carbocycles. The van der Waals surface area contributed by atoms with Gasteiger partial charge in [0, 0.05) is 27.7 Å². The SMILES string of the molecule is CN[C@@H](C(=O)N(C)[C@H](CC(C)C)C(=O)N(C)[C@H](CC(C)C)C(=O)N(C)[C@@H](C(=O)NCCc1ccccc1)C(C)C)C(C)C. The Kier molecular flexibility index (Phi) is 15.9. The number of nitrogens with one attached hydrogen (secondary N) is 2. The molecule has 0 aliphatic carbocycles. The average Bonchev–Trinajstić information content (AvgIpc) is 2.93. The number of carbonyl (C=O) groups excluding carboxylic acids is 4. The fourth-order valence-electron chi connectivity index (χ4n) is 5.62. The van der Waals surface area contributed by atoms with Gasteiger partial charge in [-0.05, 0) is 55.5 Å². The fourth-order valence-corrected chi connectivity index (χ4v) is 5.62. The van der Waals surface area contributed by atoms with E-state index >= 15 is 0 Å². The van der Waals surface area contributed by atoms with Crippen LogP contribution in [0.3, 0.4) is 0 Å². The number of rotatable bonds is 17. The van der Waals surface area contributed by atoms with Gasteiger partial charge in [-0.2, -0.15) is 0 Å². The zero-order valence-electron chi connectivity index (χ0n) is 28.8. The standard InChI is InChI=1S/C34H59N5O4/c1-22(2)20-27(38(11)34(43)29(35-9)24(5)6)32(41)37(10)28(21-23(3)4)33(42)39(12)30(25(7)8)31(40)36-19-18-26-16-14-13-15-17-26/h13-17,22-25,27-30,35H,18-21H2,1-12H3,(H,36,40)/t27-,28-,29-,30-/m1/s1. The molecule has 9 nitrogen and oxygen atoms in total. The van der Waals surface area contributed by atoms with Crippen molar-refractivity contribution in [1.29, 1.82) is 0 Å². The Labute approximate surface area is 261 Å². The molecule has 1 rings (SSSR count). The third kappa shape index (κ3) is 11.2. The van der Waals surface area contributed by atoms with Crippen LogP contribution in [-0.4, -0.2) is 97.2 Å². The summed E-state index contributed by atoms with van der Waals surface area (Å²) in [4.78, 5) is 59.6. The Hall–Kier alpha value is -2.94. The predicted octanol–water partition coefficient (Wildman–Crippen LogP) is 3.82. The van der Waals surface area contributed by atoms with Crippen LogP contribution in [0.15, 0.2) is 30.3 Å². The molecule has 0 fully saturated rings. The Morgan fingerprint density at radius 3 is 1.56 bits per heavy atom. The average molecular weight is 602 g/mol. The molecular formula is C34H59N5O4. The molecule has 0 radical (unpaired) electrons. The normalized spacial score (nSPS) is 14.4. The van der Waals surface area contributed by atoms with Crippen LogP contribution in [0.2, 0.25) is 0 Å². The lowest BCUT2D eigenvalue weighted by molar-refractivity contribution is -0.153. The summed E-state index contributed by atoms with van der Waals surface area (Å²) in [6, 6.07) is 7.31. The minimum atomic E-state index is -0.778. The van der Waals surface area contributed by atoms with E-state index in [1.807, 2.05) is 85.7 Å². The molecule has 1 aromatic rings. The highest BCUT2D eigenvalue weighted by atomic mass is 16.2. The fraction of sp³-hybridized carbons (Fsp3) is 0.706. The van der Waals surface area contributed by atoms with Crippen LogP contribution in [0.1, 0.15) is 73.8 Å². The van der Waals surface area contributed by atoms with Gasteiger partial charge in [-0.3, -0.25) is 19.2 Å². The molecule has 0 saturated carbocycles. The molecule has 2 N–H and O–H groups in total. The monoisotopic (exact) mass is 601 g/mol. The van der Waals surface area contributed by atoms with Crippen molar-refractivity contribution in [2.24, 2.45) is 23.7 Å². The topological polar surface area (TPSA) is 102 Å². The zero-order chi connectivity index (χ0) is 33.0. The van der Waals surface area contributed by atoms with Crippen LogP contribution in [0, 0.1) is 23.7 Å². The highest BCUT2D eigenvalue weighted by molar-refractivity contribution is 5.94. The summed E-state index contributed by atoms with van der Waals surface area (Å²) in [5.41, 5.74) is 1.12. The maximum Gasteiger partial charge on any atom is 0.245 e. The number of hydrogen-bond donors (Lipinski definition) is 2. The van der Waals surface area contributed by atoms with Gasteiger partial charge < -0.3 is 25.3 Å². The summed E-state index contributed by atoms with van der Waals surface area (Å²) in [7, 11) is 6.72. The Morgan fingerprint density at radius 1 is 0.674 bits per heavy atom. The van der Waals surface area contributed by atoms with E-state index in [1.54, 1.807) is 28.2 Å². The minimum absolute atomic E-state index is 0.0446. The third-order valence-electron chi connectivity index (χ3n) is 8.05. The van der Waals surface area contributed by atoms with Gasteiger partial charge in [-0.1, -0.05) is 85.7 Å². The zero-order valence-corrected chi connectivity index (χ0v) is 28.8. The van der Waals surface area contributed by atoms with E-state index in [0.717, 1.165) is 5.56 Å². The summed E-state index contributed by atoms with van der Waals surface area (Å²) in [5, 5.41) is 6.09. The van der Waals surface area contributed by atoms with Crippen molar-refractivity contribution in [2.45, 2.75) is 98.8 Å². The molecule has 43 heavy (non-hydrogen) atoms. The Balaban J connectivity index is 3.25. The smallest absolute Gasteiger partial charge is 0.245 e. The molecule has 4 atom stereocenters. The van der Waals surface area contributed by atoms with Crippen molar-refractivity contribution in [2.75, 3.05) is 34.7 Å². The number of benzene rings is 1. The maximum absolute atomic E-state index is 14.1. The van der Waals surface area contributed by atoms with E-state index in [9.17, 15) is 19.2 Å². The van der Waals surface area contributed by atoms with Crippen LogP contribution in [-0.2, 0) is 25.6 Å². The minimum Gasteiger partial charge on any atom is -0.354 e. The van der Waals surface area contributed by atoms with Gasteiger partial charge in [0.15, 0.2) is 0 Å². The second kappa shape index (κ2) is 18.0. The molecule has 0 saturated heterocycles. The molecule has 0 aliphatic heterocycles. The van der Waals surface area contributed by atoms with Crippen LogP contribution in [0.5, 0.6) is 0 Å². The van der Waals surface area contributed by atoms with Crippen LogP contribution >= 0.6 is 0 Å². The number of likely N-dealkylation sites (N-methyl/N-ethyl adjacent to an activating group) is 4. The first-order valence-electron chi connectivity index (χ1n) is 15.8. The van der Waals surface area contributed by atoms with Crippen LogP contribution in [0.4, 0.5) is 0 Å². The lowest BCUT2D eigenvalue weighted by Crippen LogP contribution is -2.60. The molecule has 244 valence electrons. The highest BCUT2D eigenvalue weighted by Crippen LogP contribution is 2.22. The molecule has 0 spiro atoms. The number of amides is 4. The van der Waals surface area contributed by atoms with Gasteiger partial charge >= 0.3 is 0 Å². The molecular weight excluding hydrogens is 542 g/mol. The van der Waals surface area contributed by atoms with Gasteiger partial charge in [0.1, 0.15) is 18.1 Å². The van der Waals surface area contributed by atoms with E-state index in [4.69, 9.17) is 0 Å². The quantitative estimate of drug-likeness (QED) is 0.283. The van der Waals surface area contributed by atoms with Crippen molar-refractivity contribution in [3.63, 3.8) is 0 Å². The summed E-state index contributed by atoms with van der Waals surface area (Å²) < 4.78 is 0. The lowest BCUT2D eigenvalue weighted by Gasteiger charge is -2.39. The van der Waals surface area contributed by atoms with E-state index < -0.39 is 24.2 Å². The molecule has 0 aliphatic rings. The summed E-state index contributed by atoms with van der Waals surface area (Å²) in [6.07, 6.45) is 1.59. The van der Waals surface area contributed by atoms with Crippen LogP contribution in [0.25, 0.3) is 0 Å². The Morgan fingerprint density at radius 2 is 1.14 bits per heavy atom. The number of carbonyl (C=O) groups is 4. The molecule has 9 heteroatoms. The van der Waals surface area contributed by atoms with Crippen molar-refractivity contribution in [3.05, 3.63) is 35.9 Å². The van der Waals surface area contributed by atoms with E-state index in [2.05, 4.69) is 10.6 Å². The lowest BCUT2D eigenvalue weighted by atomic mass is 9.95. The summed E-state index contributed by atoms with van der Waals surface area (Å²) >= 11 is 0. The second-order valence-corrected chi connectivity index (χ2v) is 13.4. The van der Waals surface area contributed by atoms with Crippen molar-refractivity contribution >= 4 is 23.6 Å². The molecule has 0 unspecified atom stereocenters. The van der Waals surface area contributed by atoms with Crippen LogP contribution < -0.4 is 10.6 Å². The van der Waals surface area contributed by atoms with Crippen molar-refractivity contribution in [1.82, 2.24) is 25.3 Å². The van der Waals surface area contributed by atoms with Crippen molar-refractivity contribution < 1.29 is 19.2 Å². The number of nitrogens with zero attached hydrogens (tertiary/aromatic N) is 3. The van der Waals surface area contributed by atoms with Gasteiger partial charge in [0.25, 0.3) is 0 Å². The summed E-state index contributed by atoms with van der Waals surface area (Å²) in [6.45, 7) is 16.3. The molecule has 0 heterocycles. The third-order valence-corrected chi connectivity index (χ3v) is 8.05. The van der Waals surface area contributed by atoms with Gasteiger partial charge in [0.2, 0.25) is 23.6 Å². The second-order valence-electron chi connectivity index (χ2n) is 13.4. The molecule has 0 bridgehead atoms. The first kappa shape index (κ1) is 38.1. The molecule has 4 amide bonds. The van der Waals surface area contributed by atoms with Gasteiger partial charge in [-0.25, -0.2) is 0 Å². The first-order chi connectivity index (χ1) is 20.0. The number of hydrogen-bond acceptors (Lipinski definition) is 5. The Bertz CT molecular complexity index is 1030. The van der Waals surface area contributed by atoms with E-state index in [0.29, 0.717) is 25.8 Å².